The van der Waals surface area contributed by atoms with Crippen LogP contribution in [0.2, 0.25) is 0 Å². The second kappa shape index (κ2) is 2.06. The van der Waals surface area contributed by atoms with Crippen LogP contribution in [0.25, 0.3) is 0 Å². The molecule has 0 spiro atoms. The molecule has 2 N–H and O–H groups in total. The summed E-state index contributed by atoms with van der Waals surface area (Å²) in [6, 6.07) is 0.546. The van der Waals surface area contributed by atoms with Crippen LogP contribution in [0.15, 0.2) is 0 Å². The van der Waals surface area contributed by atoms with Gasteiger partial charge in [-0.3, -0.25) is 0 Å². The summed E-state index contributed by atoms with van der Waals surface area (Å²) in [5.41, 5.74) is 5.73. The maximum Gasteiger partial charge on any atom is 0.0102 e. The second-order valence-corrected chi connectivity index (χ2v) is 2.72. The lowest BCUT2D eigenvalue weighted by Crippen LogP contribution is -2.02. The zero-order valence-electron chi connectivity index (χ0n) is 5.72. The molecule has 0 amide bonds. The number of nitrogens with two attached hydrogens (primary N) is 1. The van der Waals surface area contributed by atoms with Crippen LogP contribution < -0.4 is 5.73 Å². The van der Waals surface area contributed by atoms with E-state index in [1.54, 1.807) is 0 Å². The fraction of sp³-hybridized carbons (Fsp3) is 1.00. The van der Waals surface area contributed by atoms with E-state index < -0.39 is 0 Å². The van der Waals surface area contributed by atoms with Crippen molar-refractivity contribution in [3.8, 4) is 0 Å². The van der Waals surface area contributed by atoms with Gasteiger partial charge in [0, 0.05) is 6.04 Å². The Hall–Kier alpha value is -0.0400. The molecule has 0 radical (unpaired) electrons. The molecular weight excluding hydrogens is 98.1 g/mol. The lowest BCUT2D eigenvalue weighted by atomic mass is 10.2. The molecule has 48 valence electrons. The Labute approximate surface area is 51.3 Å². The van der Waals surface area contributed by atoms with Crippen LogP contribution in [-0.2, 0) is 0 Å². The first-order chi connectivity index (χ1) is 3.81. The molecule has 0 aliphatic heterocycles. The fourth-order valence-electron chi connectivity index (χ4n) is 1.62. The Morgan fingerprint density at radius 1 is 1.12 bits per heavy atom. The predicted octanol–water partition coefficient (Wildman–Crippen LogP) is 1.38. The highest BCUT2D eigenvalue weighted by molar-refractivity contribution is 4.98. The summed E-state index contributed by atoms with van der Waals surface area (Å²) in [6.07, 6.45) is 2.55. The molecule has 0 aromatic rings. The van der Waals surface area contributed by atoms with E-state index in [0.717, 1.165) is 11.8 Å². The van der Waals surface area contributed by atoms with Crippen molar-refractivity contribution in [3.63, 3.8) is 0 Å². The molecule has 1 aliphatic carbocycles. The standard InChI is InChI=1S/C7H15N/c1-3-5-6(4-2)7(5)8/h5-7H,3-4,8H2,1-2H3. The zero-order chi connectivity index (χ0) is 6.15. The summed E-state index contributed by atoms with van der Waals surface area (Å²) in [4.78, 5) is 0. The lowest BCUT2D eigenvalue weighted by molar-refractivity contribution is 0.663. The van der Waals surface area contributed by atoms with E-state index in [2.05, 4.69) is 13.8 Å². The van der Waals surface area contributed by atoms with Crippen molar-refractivity contribution >= 4 is 0 Å². The minimum absolute atomic E-state index is 0.546. The summed E-state index contributed by atoms with van der Waals surface area (Å²) in [7, 11) is 0. The molecule has 1 rings (SSSR count). The number of rotatable bonds is 2. The van der Waals surface area contributed by atoms with Crippen LogP contribution in [0.4, 0.5) is 0 Å². The molecule has 1 fully saturated rings. The normalized spacial score (nSPS) is 44.6. The van der Waals surface area contributed by atoms with Gasteiger partial charge in [-0.15, -0.1) is 0 Å². The third-order valence-electron chi connectivity index (χ3n) is 2.34. The van der Waals surface area contributed by atoms with Crippen molar-refractivity contribution in [2.45, 2.75) is 32.7 Å². The first-order valence-corrected chi connectivity index (χ1v) is 3.56. The second-order valence-electron chi connectivity index (χ2n) is 2.72. The maximum absolute atomic E-state index is 5.73. The van der Waals surface area contributed by atoms with E-state index in [0.29, 0.717) is 6.04 Å². The maximum atomic E-state index is 5.73. The molecule has 0 heterocycles. The molecule has 0 aromatic carbocycles. The first-order valence-electron chi connectivity index (χ1n) is 3.56. The monoisotopic (exact) mass is 113 g/mol. The average Bonchev–Trinajstić information content (AvgIpc) is 2.40. The van der Waals surface area contributed by atoms with Gasteiger partial charge in [-0.1, -0.05) is 26.7 Å². The van der Waals surface area contributed by atoms with Gasteiger partial charge in [-0.2, -0.15) is 0 Å². The van der Waals surface area contributed by atoms with Crippen molar-refractivity contribution < 1.29 is 0 Å². The van der Waals surface area contributed by atoms with Crippen molar-refractivity contribution in [1.29, 1.82) is 0 Å². The van der Waals surface area contributed by atoms with E-state index in [-0.39, 0.29) is 0 Å². The van der Waals surface area contributed by atoms with Gasteiger partial charge >= 0.3 is 0 Å². The van der Waals surface area contributed by atoms with Crippen LogP contribution in [0, 0.1) is 11.8 Å². The highest BCUT2D eigenvalue weighted by atomic mass is 14.8. The molecular formula is C7H15N. The zero-order valence-corrected chi connectivity index (χ0v) is 5.72. The third kappa shape index (κ3) is 0.752. The van der Waals surface area contributed by atoms with Gasteiger partial charge in [0.15, 0.2) is 0 Å². The van der Waals surface area contributed by atoms with Crippen molar-refractivity contribution in [3.05, 3.63) is 0 Å². The molecule has 1 saturated carbocycles. The predicted molar refractivity (Wildman–Crippen MR) is 35.5 cm³/mol. The van der Waals surface area contributed by atoms with E-state index in [1.807, 2.05) is 0 Å². The number of hydrogen-bond acceptors (Lipinski definition) is 1. The third-order valence-corrected chi connectivity index (χ3v) is 2.34. The summed E-state index contributed by atoms with van der Waals surface area (Å²) in [5.74, 6) is 1.72. The van der Waals surface area contributed by atoms with Crippen molar-refractivity contribution in [1.82, 2.24) is 0 Å². The fourth-order valence-corrected chi connectivity index (χ4v) is 1.62. The highest BCUT2D eigenvalue weighted by Gasteiger charge is 2.43. The molecule has 1 aliphatic rings. The van der Waals surface area contributed by atoms with Gasteiger partial charge in [0.1, 0.15) is 0 Å². The Bertz CT molecular complexity index is 70.5. The number of hydrogen-bond donors (Lipinski definition) is 1. The SMILES string of the molecule is CCC1C(N)C1CC. The Morgan fingerprint density at radius 3 is 1.62 bits per heavy atom. The van der Waals surface area contributed by atoms with Gasteiger partial charge in [-0.05, 0) is 11.8 Å². The largest absolute Gasteiger partial charge is 0.327 e. The van der Waals surface area contributed by atoms with Crippen LogP contribution in [0.3, 0.4) is 0 Å². The minimum Gasteiger partial charge on any atom is -0.327 e. The van der Waals surface area contributed by atoms with Crippen molar-refractivity contribution in [2.24, 2.45) is 17.6 Å². The van der Waals surface area contributed by atoms with Gasteiger partial charge in [0.2, 0.25) is 0 Å². The summed E-state index contributed by atoms with van der Waals surface area (Å²) >= 11 is 0. The molecule has 8 heavy (non-hydrogen) atoms. The Kier molecular flexibility index (Phi) is 1.57. The highest BCUT2D eigenvalue weighted by Crippen LogP contribution is 2.41. The van der Waals surface area contributed by atoms with Crippen LogP contribution in [0.1, 0.15) is 26.7 Å². The smallest absolute Gasteiger partial charge is 0.0102 e. The molecule has 1 nitrogen and oxygen atoms in total. The molecule has 2 atom stereocenters. The minimum atomic E-state index is 0.546. The molecule has 0 saturated heterocycles. The summed E-state index contributed by atoms with van der Waals surface area (Å²) in [5, 5.41) is 0. The van der Waals surface area contributed by atoms with Crippen LogP contribution in [0.5, 0.6) is 0 Å². The van der Waals surface area contributed by atoms with Gasteiger partial charge in [0.25, 0.3) is 0 Å². The Balaban J connectivity index is 2.23. The summed E-state index contributed by atoms with van der Waals surface area (Å²) < 4.78 is 0. The lowest BCUT2D eigenvalue weighted by Gasteiger charge is -1.84. The van der Waals surface area contributed by atoms with Crippen LogP contribution >= 0.6 is 0 Å². The van der Waals surface area contributed by atoms with Gasteiger partial charge in [0.05, 0.1) is 0 Å². The van der Waals surface area contributed by atoms with E-state index >= 15 is 0 Å². The molecule has 0 aromatic heterocycles. The average molecular weight is 113 g/mol. The summed E-state index contributed by atoms with van der Waals surface area (Å²) in [6.45, 7) is 4.44. The topological polar surface area (TPSA) is 26.0 Å². The quantitative estimate of drug-likeness (QED) is 0.575. The molecule has 1 heteroatoms. The molecule has 0 bridgehead atoms. The van der Waals surface area contributed by atoms with Gasteiger partial charge < -0.3 is 5.73 Å². The molecule has 2 unspecified atom stereocenters. The van der Waals surface area contributed by atoms with Crippen LogP contribution in [-0.4, -0.2) is 6.04 Å². The van der Waals surface area contributed by atoms with E-state index in [4.69, 9.17) is 5.73 Å². The van der Waals surface area contributed by atoms with E-state index in [1.165, 1.54) is 12.8 Å². The van der Waals surface area contributed by atoms with Gasteiger partial charge in [-0.25, -0.2) is 0 Å². The first kappa shape index (κ1) is 6.09. The van der Waals surface area contributed by atoms with E-state index in [9.17, 15) is 0 Å². The Morgan fingerprint density at radius 2 is 1.50 bits per heavy atom. The van der Waals surface area contributed by atoms with Crippen molar-refractivity contribution in [2.75, 3.05) is 0 Å².